The summed E-state index contributed by atoms with van der Waals surface area (Å²) in [6.07, 6.45) is 2.17. The highest BCUT2D eigenvalue weighted by Gasteiger charge is 2.43. The molecule has 0 bridgehead atoms. The average Bonchev–Trinajstić information content (AvgIpc) is 2.93. The zero-order chi connectivity index (χ0) is 23.7. The van der Waals surface area contributed by atoms with Gasteiger partial charge in [0.15, 0.2) is 0 Å². The average molecular weight is 466 g/mol. The molecule has 1 saturated heterocycles. The molecule has 0 unspecified atom stereocenters. The fraction of sp³-hybridized carbons (Fsp3) is 0.652. The topological polar surface area (TPSA) is 96.0 Å². The zero-order valence-electron chi connectivity index (χ0n) is 19.7. The van der Waals surface area contributed by atoms with Gasteiger partial charge in [0.05, 0.1) is 22.3 Å². The largest absolute Gasteiger partial charge is 0.379 e. The Hall–Kier alpha value is -1.97. The number of nitrogens with zero attached hydrogens (tertiary/aromatic N) is 2. The SMILES string of the molecule is CC(C)OCCCNC(=O)[C@H]1CCCN(S(=O)(=O)c2ccc3c(c2)C(C)(C)C(=O)N3C)C1. The van der Waals surface area contributed by atoms with Crippen molar-refractivity contribution in [2.75, 3.05) is 38.2 Å². The lowest BCUT2D eigenvalue weighted by atomic mass is 9.86. The summed E-state index contributed by atoms with van der Waals surface area (Å²) in [6.45, 7) is 9.18. The molecule has 1 aromatic carbocycles. The molecule has 0 aliphatic carbocycles. The van der Waals surface area contributed by atoms with E-state index in [-0.39, 0.29) is 35.3 Å². The summed E-state index contributed by atoms with van der Waals surface area (Å²) in [5, 5.41) is 2.91. The Balaban J connectivity index is 1.68. The molecule has 2 amide bonds. The number of sulfonamides is 1. The number of anilines is 1. The summed E-state index contributed by atoms with van der Waals surface area (Å²) < 4.78 is 33.6. The minimum absolute atomic E-state index is 0.0597. The molecule has 2 aliphatic rings. The van der Waals surface area contributed by atoms with Crippen molar-refractivity contribution in [3.8, 4) is 0 Å². The third-order valence-electron chi connectivity index (χ3n) is 6.31. The first-order valence-corrected chi connectivity index (χ1v) is 12.7. The van der Waals surface area contributed by atoms with Crippen molar-refractivity contribution in [2.45, 2.75) is 63.4 Å². The maximum atomic E-state index is 13.4. The van der Waals surface area contributed by atoms with Gasteiger partial charge in [-0.15, -0.1) is 0 Å². The van der Waals surface area contributed by atoms with Crippen LogP contribution in [-0.4, -0.2) is 63.9 Å². The third kappa shape index (κ3) is 4.84. The maximum Gasteiger partial charge on any atom is 0.243 e. The van der Waals surface area contributed by atoms with Crippen molar-refractivity contribution in [1.29, 1.82) is 0 Å². The molecule has 1 atom stereocenters. The molecular weight excluding hydrogens is 430 g/mol. The number of hydrogen-bond acceptors (Lipinski definition) is 5. The number of carbonyl (C=O) groups excluding carboxylic acids is 2. The lowest BCUT2D eigenvalue weighted by Crippen LogP contribution is -2.45. The number of fused-ring (bicyclic) bond motifs is 1. The van der Waals surface area contributed by atoms with Crippen LogP contribution in [-0.2, 0) is 29.8 Å². The van der Waals surface area contributed by atoms with E-state index in [0.29, 0.717) is 38.1 Å². The fourth-order valence-electron chi connectivity index (χ4n) is 4.38. The highest BCUT2D eigenvalue weighted by atomic mass is 32.2. The Morgan fingerprint density at radius 1 is 1.31 bits per heavy atom. The van der Waals surface area contributed by atoms with Crippen LogP contribution in [0.5, 0.6) is 0 Å². The van der Waals surface area contributed by atoms with Crippen LogP contribution in [0.25, 0.3) is 0 Å². The van der Waals surface area contributed by atoms with E-state index in [1.807, 2.05) is 27.7 Å². The van der Waals surface area contributed by atoms with Gasteiger partial charge in [-0.25, -0.2) is 8.42 Å². The number of likely N-dealkylation sites (N-methyl/N-ethyl adjacent to an activating group) is 1. The molecule has 8 nitrogen and oxygen atoms in total. The monoisotopic (exact) mass is 465 g/mol. The van der Waals surface area contributed by atoms with Crippen molar-refractivity contribution < 1.29 is 22.7 Å². The van der Waals surface area contributed by atoms with Crippen molar-refractivity contribution in [3.63, 3.8) is 0 Å². The number of benzene rings is 1. The van der Waals surface area contributed by atoms with Crippen LogP contribution in [0, 0.1) is 5.92 Å². The first-order chi connectivity index (χ1) is 15.0. The normalized spacial score (nSPS) is 21.1. The predicted molar refractivity (Wildman–Crippen MR) is 123 cm³/mol. The van der Waals surface area contributed by atoms with Gasteiger partial charge in [-0.05, 0) is 70.7 Å². The number of carbonyl (C=O) groups is 2. The lowest BCUT2D eigenvalue weighted by Gasteiger charge is -2.31. The standard InChI is InChI=1S/C23H35N3O5S/c1-16(2)31-13-7-11-24-21(27)17-8-6-12-26(15-17)32(29,30)18-9-10-20-19(14-18)23(3,4)22(28)25(20)5/h9-10,14,16-17H,6-8,11-13,15H2,1-5H3,(H,24,27)/t17-/m0/s1. The van der Waals surface area contributed by atoms with Crippen LogP contribution < -0.4 is 10.2 Å². The molecular formula is C23H35N3O5S. The van der Waals surface area contributed by atoms with E-state index in [2.05, 4.69) is 5.32 Å². The van der Waals surface area contributed by atoms with Gasteiger partial charge in [-0.2, -0.15) is 4.31 Å². The van der Waals surface area contributed by atoms with Crippen molar-refractivity contribution in [3.05, 3.63) is 23.8 Å². The van der Waals surface area contributed by atoms with E-state index < -0.39 is 15.4 Å². The van der Waals surface area contributed by atoms with Crippen LogP contribution in [0.3, 0.4) is 0 Å². The first kappa shape index (κ1) is 24.7. The fourth-order valence-corrected chi connectivity index (χ4v) is 5.93. The zero-order valence-corrected chi connectivity index (χ0v) is 20.5. The number of nitrogens with one attached hydrogen (secondary N) is 1. The molecule has 2 heterocycles. The molecule has 178 valence electrons. The molecule has 0 radical (unpaired) electrons. The minimum atomic E-state index is -3.77. The van der Waals surface area contributed by atoms with E-state index in [1.54, 1.807) is 30.1 Å². The lowest BCUT2D eigenvalue weighted by molar-refractivity contribution is -0.126. The summed E-state index contributed by atoms with van der Waals surface area (Å²) in [4.78, 5) is 26.9. The molecule has 1 N–H and O–H groups in total. The van der Waals surface area contributed by atoms with Crippen LogP contribution in [0.15, 0.2) is 23.1 Å². The van der Waals surface area contributed by atoms with E-state index in [9.17, 15) is 18.0 Å². The van der Waals surface area contributed by atoms with Gasteiger partial charge >= 0.3 is 0 Å². The molecule has 0 aromatic heterocycles. The second-order valence-electron chi connectivity index (χ2n) is 9.43. The Bertz CT molecular complexity index is 974. The van der Waals surface area contributed by atoms with Gasteiger partial charge in [0.1, 0.15) is 0 Å². The Kier molecular flexibility index (Phi) is 7.31. The van der Waals surface area contributed by atoms with Gasteiger partial charge in [-0.1, -0.05) is 0 Å². The summed E-state index contributed by atoms with van der Waals surface area (Å²) in [6, 6.07) is 4.87. The molecule has 2 aliphatic heterocycles. The van der Waals surface area contributed by atoms with Crippen molar-refractivity contribution in [1.82, 2.24) is 9.62 Å². The number of rotatable bonds is 8. The Morgan fingerprint density at radius 2 is 2.03 bits per heavy atom. The van der Waals surface area contributed by atoms with Crippen LogP contribution in [0.4, 0.5) is 5.69 Å². The number of amides is 2. The molecule has 0 spiro atoms. The Labute approximate surface area is 191 Å². The third-order valence-corrected chi connectivity index (χ3v) is 8.17. The van der Waals surface area contributed by atoms with Crippen LogP contribution in [0.1, 0.15) is 52.5 Å². The van der Waals surface area contributed by atoms with Crippen molar-refractivity contribution >= 4 is 27.5 Å². The Morgan fingerprint density at radius 3 is 2.72 bits per heavy atom. The quantitative estimate of drug-likeness (QED) is 0.594. The molecule has 1 fully saturated rings. The van der Waals surface area contributed by atoms with Crippen LogP contribution in [0.2, 0.25) is 0 Å². The van der Waals surface area contributed by atoms with Gasteiger partial charge in [0.25, 0.3) is 0 Å². The number of ether oxygens (including phenoxy) is 1. The van der Waals surface area contributed by atoms with Gasteiger partial charge in [0, 0.05) is 39.0 Å². The molecule has 0 saturated carbocycles. The summed E-state index contributed by atoms with van der Waals surface area (Å²) >= 11 is 0. The number of piperidine rings is 1. The molecule has 32 heavy (non-hydrogen) atoms. The highest BCUT2D eigenvalue weighted by molar-refractivity contribution is 7.89. The van der Waals surface area contributed by atoms with E-state index in [0.717, 1.165) is 12.1 Å². The van der Waals surface area contributed by atoms with Crippen molar-refractivity contribution in [2.24, 2.45) is 5.92 Å². The van der Waals surface area contributed by atoms with E-state index >= 15 is 0 Å². The summed E-state index contributed by atoms with van der Waals surface area (Å²) in [5.41, 5.74) is 0.663. The van der Waals surface area contributed by atoms with Gasteiger partial charge < -0.3 is 15.0 Å². The second kappa shape index (κ2) is 9.49. The van der Waals surface area contributed by atoms with E-state index in [1.165, 1.54) is 4.31 Å². The highest BCUT2D eigenvalue weighted by Crippen LogP contribution is 2.42. The summed E-state index contributed by atoms with van der Waals surface area (Å²) in [7, 11) is -2.07. The predicted octanol–water partition coefficient (Wildman–Crippen LogP) is 2.27. The van der Waals surface area contributed by atoms with E-state index in [4.69, 9.17) is 4.74 Å². The second-order valence-corrected chi connectivity index (χ2v) is 11.4. The smallest absolute Gasteiger partial charge is 0.243 e. The molecule has 3 rings (SSSR count). The summed E-state index contributed by atoms with van der Waals surface area (Å²) in [5.74, 6) is -0.546. The van der Waals surface area contributed by atoms with Crippen LogP contribution >= 0.6 is 0 Å². The molecule has 1 aromatic rings. The maximum absolute atomic E-state index is 13.4. The van der Waals surface area contributed by atoms with Gasteiger partial charge in [-0.3, -0.25) is 9.59 Å². The number of hydrogen-bond donors (Lipinski definition) is 1. The molecule has 9 heteroatoms. The minimum Gasteiger partial charge on any atom is -0.379 e. The first-order valence-electron chi connectivity index (χ1n) is 11.3. The van der Waals surface area contributed by atoms with Gasteiger partial charge in [0.2, 0.25) is 21.8 Å².